The van der Waals surface area contributed by atoms with Gasteiger partial charge in [-0.05, 0) is 71.3 Å². The Morgan fingerprint density at radius 2 is 1.35 bits per heavy atom. The highest BCUT2D eigenvalue weighted by Crippen LogP contribution is 2.38. The molecule has 34 heavy (non-hydrogen) atoms. The predicted molar refractivity (Wildman–Crippen MR) is 124 cm³/mol. The standard InChI is InChI=1S/C29H25F5/c1-2-3-4-5-6-7-19-10-12-24-22(14-19)18-23-15-20(11-13-25(23)24)8-9-21-16-26(30)28(27(31)17-21)29(32,33)34/h10-17H,2-7,18H2,1H3. The fraction of sp³-hybridized carbons (Fsp3) is 0.310. The van der Waals surface area contributed by atoms with E-state index in [-0.39, 0.29) is 5.56 Å². The first-order chi connectivity index (χ1) is 16.3. The van der Waals surface area contributed by atoms with Crippen LogP contribution in [-0.4, -0.2) is 0 Å². The Morgan fingerprint density at radius 3 is 2.03 bits per heavy atom. The van der Waals surface area contributed by atoms with E-state index in [2.05, 4.69) is 37.0 Å². The monoisotopic (exact) mass is 468 g/mol. The number of benzene rings is 3. The van der Waals surface area contributed by atoms with Crippen LogP contribution in [0.3, 0.4) is 0 Å². The molecule has 5 heteroatoms. The summed E-state index contributed by atoms with van der Waals surface area (Å²) in [5.74, 6) is 2.08. The largest absolute Gasteiger partial charge is 0.422 e. The second kappa shape index (κ2) is 10.0. The fourth-order valence-corrected chi connectivity index (χ4v) is 4.49. The molecular formula is C29H25F5. The molecule has 0 aliphatic heterocycles. The van der Waals surface area contributed by atoms with Crippen molar-refractivity contribution in [2.45, 2.75) is 58.0 Å². The zero-order chi connectivity index (χ0) is 24.3. The average Bonchev–Trinajstić information content (AvgIpc) is 3.13. The van der Waals surface area contributed by atoms with Gasteiger partial charge in [-0.2, -0.15) is 13.2 Å². The van der Waals surface area contributed by atoms with Crippen LogP contribution in [0.5, 0.6) is 0 Å². The minimum Gasteiger partial charge on any atom is -0.206 e. The molecule has 1 aliphatic rings. The smallest absolute Gasteiger partial charge is 0.206 e. The molecule has 3 aromatic carbocycles. The molecule has 0 aromatic heterocycles. The molecule has 0 heterocycles. The highest BCUT2D eigenvalue weighted by atomic mass is 19.4. The summed E-state index contributed by atoms with van der Waals surface area (Å²) in [4.78, 5) is 0. The van der Waals surface area contributed by atoms with Crippen LogP contribution in [0.15, 0.2) is 48.5 Å². The molecule has 0 fully saturated rings. The molecule has 176 valence electrons. The third-order valence-corrected chi connectivity index (χ3v) is 6.19. The Kier molecular flexibility index (Phi) is 7.07. The highest BCUT2D eigenvalue weighted by Gasteiger charge is 2.37. The van der Waals surface area contributed by atoms with Gasteiger partial charge in [0.1, 0.15) is 17.2 Å². The lowest BCUT2D eigenvalue weighted by Crippen LogP contribution is -2.11. The quantitative estimate of drug-likeness (QED) is 0.151. The predicted octanol–water partition coefficient (Wildman–Crippen LogP) is 8.47. The molecular weight excluding hydrogens is 443 g/mol. The lowest BCUT2D eigenvalue weighted by Gasteiger charge is -2.09. The minimum absolute atomic E-state index is 0.143. The van der Waals surface area contributed by atoms with Gasteiger partial charge >= 0.3 is 6.18 Å². The topological polar surface area (TPSA) is 0 Å². The van der Waals surface area contributed by atoms with Crippen molar-refractivity contribution >= 4 is 0 Å². The van der Waals surface area contributed by atoms with E-state index in [1.807, 2.05) is 18.2 Å². The van der Waals surface area contributed by atoms with E-state index in [4.69, 9.17) is 0 Å². The van der Waals surface area contributed by atoms with E-state index in [9.17, 15) is 22.0 Å². The van der Waals surface area contributed by atoms with E-state index in [0.717, 1.165) is 24.0 Å². The molecule has 0 atom stereocenters. The molecule has 0 amide bonds. The van der Waals surface area contributed by atoms with Crippen molar-refractivity contribution in [3.8, 4) is 23.0 Å². The van der Waals surface area contributed by atoms with Crippen molar-refractivity contribution < 1.29 is 22.0 Å². The number of fused-ring (bicyclic) bond motifs is 3. The van der Waals surface area contributed by atoms with E-state index in [1.165, 1.54) is 48.8 Å². The summed E-state index contributed by atoms with van der Waals surface area (Å²) in [6.07, 6.45) is 3.01. The van der Waals surface area contributed by atoms with Crippen LogP contribution in [0.4, 0.5) is 22.0 Å². The summed E-state index contributed by atoms with van der Waals surface area (Å²) in [6.45, 7) is 2.21. The molecule has 0 N–H and O–H groups in total. The molecule has 0 bridgehead atoms. The van der Waals surface area contributed by atoms with Gasteiger partial charge < -0.3 is 0 Å². The van der Waals surface area contributed by atoms with Crippen LogP contribution in [0.25, 0.3) is 11.1 Å². The van der Waals surface area contributed by atoms with Crippen molar-refractivity contribution in [1.82, 2.24) is 0 Å². The highest BCUT2D eigenvalue weighted by molar-refractivity contribution is 5.77. The fourth-order valence-electron chi connectivity index (χ4n) is 4.49. The summed E-state index contributed by atoms with van der Waals surface area (Å²) in [7, 11) is 0. The average molecular weight is 469 g/mol. The SMILES string of the molecule is CCCCCCCc1ccc2c(c1)Cc1cc(C#Cc3cc(F)c(C(F)(F)F)c(F)c3)ccc1-2. The number of hydrogen-bond acceptors (Lipinski definition) is 0. The van der Waals surface area contributed by atoms with Gasteiger partial charge in [0.05, 0.1) is 0 Å². The summed E-state index contributed by atoms with van der Waals surface area (Å²) in [5, 5.41) is 0. The van der Waals surface area contributed by atoms with Crippen molar-refractivity contribution in [3.05, 3.63) is 93.5 Å². The van der Waals surface area contributed by atoms with Gasteiger partial charge in [0.15, 0.2) is 0 Å². The van der Waals surface area contributed by atoms with E-state index in [0.29, 0.717) is 17.7 Å². The van der Waals surface area contributed by atoms with Crippen LogP contribution in [-0.2, 0) is 19.0 Å². The number of rotatable bonds is 6. The van der Waals surface area contributed by atoms with Gasteiger partial charge in [-0.25, -0.2) is 8.78 Å². The van der Waals surface area contributed by atoms with Crippen molar-refractivity contribution in [3.63, 3.8) is 0 Å². The number of halogens is 5. The Morgan fingerprint density at radius 1 is 0.735 bits per heavy atom. The second-order valence-electron chi connectivity index (χ2n) is 8.77. The molecule has 1 aliphatic carbocycles. The molecule has 4 rings (SSSR count). The second-order valence-corrected chi connectivity index (χ2v) is 8.77. The maximum absolute atomic E-state index is 13.8. The zero-order valence-electron chi connectivity index (χ0n) is 19.0. The summed E-state index contributed by atoms with van der Waals surface area (Å²) in [5.41, 5.74) is 4.68. The molecule has 3 aromatic rings. The van der Waals surface area contributed by atoms with Gasteiger partial charge in [0.2, 0.25) is 0 Å². The number of hydrogen-bond donors (Lipinski definition) is 0. The van der Waals surface area contributed by atoms with Crippen LogP contribution >= 0.6 is 0 Å². The van der Waals surface area contributed by atoms with Crippen molar-refractivity contribution in [1.29, 1.82) is 0 Å². The number of alkyl halides is 3. The molecule has 0 unspecified atom stereocenters. The lowest BCUT2D eigenvalue weighted by molar-refractivity contribution is -0.142. The minimum atomic E-state index is -5.09. The third-order valence-electron chi connectivity index (χ3n) is 6.19. The summed E-state index contributed by atoms with van der Waals surface area (Å²) in [6, 6.07) is 13.6. The van der Waals surface area contributed by atoms with Gasteiger partial charge in [-0.15, -0.1) is 0 Å². The van der Waals surface area contributed by atoms with E-state index >= 15 is 0 Å². The Bertz CT molecular complexity index is 1230. The summed E-state index contributed by atoms with van der Waals surface area (Å²) >= 11 is 0. The maximum Gasteiger partial charge on any atom is 0.422 e. The first kappa shape index (κ1) is 24.0. The van der Waals surface area contributed by atoms with Gasteiger partial charge in [-0.3, -0.25) is 0 Å². The van der Waals surface area contributed by atoms with Crippen molar-refractivity contribution in [2.24, 2.45) is 0 Å². The van der Waals surface area contributed by atoms with Crippen molar-refractivity contribution in [2.75, 3.05) is 0 Å². The van der Waals surface area contributed by atoms with Crippen LogP contribution in [0, 0.1) is 23.5 Å². The van der Waals surface area contributed by atoms with Gasteiger partial charge in [-0.1, -0.05) is 68.7 Å². The molecule has 0 saturated carbocycles. The lowest BCUT2D eigenvalue weighted by atomic mass is 9.99. The van der Waals surface area contributed by atoms with Gasteiger partial charge in [0.25, 0.3) is 0 Å². The molecule has 0 radical (unpaired) electrons. The van der Waals surface area contributed by atoms with E-state index in [1.54, 1.807) is 0 Å². The first-order valence-corrected chi connectivity index (χ1v) is 11.6. The van der Waals surface area contributed by atoms with Crippen LogP contribution in [0.1, 0.15) is 72.4 Å². The first-order valence-electron chi connectivity index (χ1n) is 11.6. The normalized spacial score (nSPS) is 12.2. The summed E-state index contributed by atoms with van der Waals surface area (Å²) < 4.78 is 65.8. The Balaban J connectivity index is 1.49. The third kappa shape index (κ3) is 5.33. The number of unbranched alkanes of at least 4 members (excludes halogenated alkanes) is 4. The molecule has 0 spiro atoms. The maximum atomic E-state index is 13.8. The Hall–Kier alpha value is -3.13. The number of aryl methyl sites for hydroxylation is 1. The van der Waals surface area contributed by atoms with E-state index < -0.39 is 23.4 Å². The zero-order valence-corrected chi connectivity index (χ0v) is 19.0. The molecule has 0 saturated heterocycles. The molecule has 0 nitrogen and oxygen atoms in total. The van der Waals surface area contributed by atoms with Crippen LogP contribution < -0.4 is 0 Å². The van der Waals surface area contributed by atoms with Crippen LogP contribution in [0.2, 0.25) is 0 Å². The van der Waals surface area contributed by atoms with Gasteiger partial charge in [0, 0.05) is 11.1 Å². The Labute approximate surface area is 196 Å².